The third-order valence-corrected chi connectivity index (χ3v) is 3.85. The number of halogens is 1. The number of hydrogen-bond donors (Lipinski definition) is 1. The summed E-state index contributed by atoms with van der Waals surface area (Å²) >= 11 is 0. The van der Waals surface area contributed by atoms with Crippen LogP contribution in [0, 0.1) is 5.82 Å². The van der Waals surface area contributed by atoms with Crippen LogP contribution in [0.15, 0.2) is 42.7 Å². The molecule has 1 N–H and O–H groups in total. The van der Waals surface area contributed by atoms with Crippen LogP contribution in [0.5, 0.6) is 0 Å². The zero-order valence-corrected chi connectivity index (χ0v) is 12.1. The normalized spacial score (nSPS) is 15.1. The molecule has 21 heavy (non-hydrogen) atoms. The number of pyridine rings is 1. The van der Waals surface area contributed by atoms with E-state index in [1.54, 1.807) is 12.3 Å². The van der Waals surface area contributed by atoms with Gasteiger partial charge in [-0.25, -0.2) is 4.39 Å². The molecule has 0 saturated carbocycles. The minimum Gasteiger partial charge on any atom is -0.387 e. The number of piperazine rings is 1. The standard InChI is InChI=1S/C16H19FN4/c1-18-13-10-14(12-19-11-13)20-6-8-21(9-7-20)16-5-3-2-4-15(16)17/h2-5,10-12,18H,6-9H2,1H3. The summed E-state index contributed by atoms with van der Waals surface area (Å²) in [5.41, 5.74) is 2.80. The molecule has 1 saturated heterocycles. The highest BCUT2D eigenvalue weighted by atomic mass is 19.1. The van der Waals surface area contributed by atoms with Gasteiger partial charge in [-0.3, -0.25) is 4.98 Å². The first-order chi connectivity index (χ1) is 10.3. The predicted octanol–water partition coefficient (Wildman–Crippen LogP) is 2.59. The van der Waals surface area contributed by atoms with E-state index in [0.29, 0.717) is 5.69 Å². The third-order valence-electron chi connectivity index (χ3n) is 3.85. The van der Waals surface area contributed by atoms with Gasteiger partial charge in [0.1, 0.15) is 5.82 Å². The Balaban J connectivity index is 1.69. The molecule has 110 valence electrons. The highest BCUT2D eigenvalue weighted by Crippen LogP contribution is 2.23. The number of benzene rings is 1. The molecule has 0 unspecified atom stereocenters. The Morgan fingerprint density at radius 3 is 2.48 bits per heavy atom. The van der Waals surface area contributed by atoms with Crippen LogP contribution in [0.2, 0.25) is 0 Å². The van der Waals surface area contributed by atoms with E-state index >= 15 is 0 Å². The molecule has 5 heteroatoms. The lowest BCUT2D eigenvalue weighted by atomic mass is 10.2. The van der Waals surface area contributed by atoms with Crippen LogP contribution < -0.4 is 15.1 Å². The van der Waals surface area contributed by atoms with Crippen molar-refractivity contribution in [2.45, 2.75) is 0 Å². The second-order valence-electron chi connectivity index (χ2n) is 5.11. The molecule has 3 rings (SSSR count). The summed E-state index contributed by atoms with van der Waals surface area (Å²) in [7, 11) is 1.89. The van der Waals surface area contributed by atoms with E-state index in [1.807, 2.05) is 25.4 Å². The molecule has 1 fully saturated rings. The molecule has 0 atom stereocenters. The number of nitrogens with zero attached hydrogens (tertiary/aromatic N) is 3. The van der Waals surface area contributed by atoms with Gasteiger partial charge in [-0.15, -0.1) is 0 Å². The molecule has 0 amide bonds. The van der Waals surface area contributed by atoms with E-state index in [0.717, 1.165) is 37.6 Å². The average Bonchev–Trinajstić information content (AvgIpc) is 2.56. The quantitative estimate of drug-likeness (QED) is 0.940. The first-order valence-electron chi connectivity index (χ1n) is 7.15. The zero-order chi connectivity index (χ0) is 14.7. The molecular weight excluding hydrogens is 267 g/mol. The summed E-state index contributed by atoms with van der Waals surface area (Å²) in [5, 5.41) is 3.10. The molecular formula is C16H19FN4. The number of para-hydroxylation sites is 1. The lowest BCUT2D eigenvalue weighted by Gasteiger charge is -2.37. The Kier molecular flexibility index (Phi) is 3.90. The summed E-state index contributed by atoms with van der Waals surface area (Å²) in [5.74, 6) is -0.148. The second-order valence-corrected chi connectivity index (χ2v) is 5.11. The van der Waals surface area contributed by atoms with E-state index in [9.17, 15) is 4.39 Å². The van der Waals surface area contributed by atoms with Gasteiger partial charge >= 0.3 is 0 Å². The largest absolute Gasteiger partial charge is 0.387 e. The van der Waals surface area contributed by atoms with Crippen molar-refractivity contribution in [3.05, 3.63) is 48.5 Å². The number of rotatable bonds is 3. The lowest BCUT2D eigenvalue weighted by molar-refractivity contribution is 0.598. The van der Waals surface area contributed by atoms with Crippen molar-refractivity contribution >= 4 is 17.1 Å². The molecule has 0 bridgehead atoms. The first-order valence-corrected chi connectivity index (χ1v) is 7.15. The van der Waals surface area contributed by atoms with E-state index in [4.69, 9.17) is 0 Å². The van der Waals surface area contributed by atoms with Crippen LogP contribution in [0.3, 0.4) is 0 Å². The summed E-state index contributed by atoms with van der Waals surface area (Å²) in [6.07, 6.45) is 3.68. The van der Waals surface area contributed by atoms with Crippen LogP contribution in [0.4, 0.5) is 21.5 Å². The highest BCUT2D eigenvalue weighted by molar-refractivity contribution is 5.57. The molecule has 0 radical (unpaired) electrons. The molecule has 0 spiro atoms. The van der Waals surface area contributed by atoms with Crippen LogP contribution in [0.1, 0.15) is 0 Å². The Labute approximate surface area is 124 Å². The van der Waals surface area contributed by atoms with Crippen molar-refractivity contribution in [1.82, 2.24) is 4.98 Å². The zero-order valence-electron chi connectivity index (χ0n) is 12.1. The van der Waals surface area contributed by atoms with Gasteiger partial charge in [0.05, 0.1) is 29.5 Å². The van der Waals surface area contributed by atoms with Gasteiger partial charge in [-0.2, -0.15) is 0 Å². The van der Waals surface area contributed by atoms with Crippen LogP contribution in [-0.4, -0.2) is 38.2 Å². The lowest BCUT2D eigenvalue weighted by Crippen LogP contribution is -2.46. The number of hydrogen-bond acceptors (Lipinski definition) is 4. The Hall–Kier alpha value is -2.30. The van der Waals surface area contributed by atoms with Crippen LogP contribution in [0.25, 0.3) is 0 Å². The fourth-order valence-corrected chi connectivity index (χ4v) is 2.65. The van der Waals surface area contributed by atoms with E-state index < -0.39 is 0 Å². The third kappa shape index (κ3) is 2.91. The van der Waals surface area contributed by atoms with Crippen molar-refractivity contribution in [3.63, 3.8) is 0 Å². The summed E-state index contributed by atoms with van der Waals surface area (Å²) in [6, 6.07) is 9.05. The smallest absolute Gasteiger partial charge is 0.146 e. The first kappa shape index (κ1) is 13.7. The fraction of sp³-hybridized carbons (Fsp3) is 0.312. The molecule has 1 aromatic heterocycles. The molecule has 2 heterocycles. The maximum absolute atomic E-state index is 13.8. The van der Waals surface area contributed by atoms with E-state index in [2.05, 4.69) is 26.2 Å². The van der Waals surface area contributed by atoms with E-state index in [1.165, 1.54) is 6.07 Å². The molecule has 0 aliphatic carbocycles. The average molecular weight is 286 g/mol. The number of aromatic nitrogens is 1. The van der Waals surface area contributed by atoms with Gasteiger partial charge in [0.25, 0.3) is 0 Å². The van der Waals surface area contributed by atoms with Crippen molar-refractivity contribution in [2.24, 2.45) is 0 Å². The van der Waals surface area contributed by atoms with Crippen LogP contribution >= 0.6 is 0 Å². The number of anilines is 3. The van der Waals surface area contributed by atoms with Gasteiger partial charge in [0, 0.05) is 33.2 Å². The Morgan fingerprint density at radius 1 is 1.05 bits per heavy atom. The monoisotopic (exact) mass is 286 g/mol. The fourth-order valence-electron chi connectivity index (χ4n) is 2.65. The maximum Gasteiger partial charge on any atom is 0.146 e. The predicted molar refractivity (Wildman–Crippen MR) is 84.6 cm³/mol. The minimum absolute atomic E-state index is 0.148. The minimum atomic E-state index is -0.148. The van der Waals surface area contributed by atoms with Gasteiger partial charge in [0.2, 0.25) is 0 Å². The second kappa shape index (κ2) is 5.99. The maximum atomic E-state index is 13.8. The van der Waals surface area contributed by atoms with Crippen molar-refractivity contribution in [1.29, 1.82) is 0 Å². The Bertz CT molecular complexity index is 609. The van der Waals surface area contributed by atoms with Crippen molar-refractivity contribution < 1.29 is 4.39 Å². The highest BCUT2D eigenvalue weighted by Gasteiger charge is 2.19. The SMILES string of the molecule is CNc1cncc(N2CCN(c3ccccc3F)CC2)c1. The summed E-state index contributed by atoms with van der Waals surface area (Å²) < 4.78 is 13.8. The topological polar surface area (TPSA) is 31.4 Å². The molecule has 4 nitrogen and oxygen atoms in total. The summed E-state index contributed by atoms with van der Waals surface area (Å²) in [4.78, 5) is 8.63. The van der Waals surface area contributed by atoms with Gasteiger partial charge in [-0.05, 0) is 18.2 Å². The summed E-state index contributed by atoms with van der Waals surface area (Å²) in [6.45, 7) is 3.35. The van der Waals surface area contributed by atoms with E-state index in [-0.39, 0.29) is 5.82 Å². The molecule has 2 aromatic rings. The molecule has 1 aromatic carbocycles. The molecule has 1 aliphatic heterocycles. The van der Waals surface area contributed by atoms with Crippen LogP contribution in [-0.2, 0) is 0 Å². The van der Waals surface area contributed by atoms with Gasteiger partial charge in [-0.1, -0.05) is 12.1 Å². The van der Waals surface area contributed by atoms with Gasteiger partial charge in [0.15, 0.2) is 0 Å². The van der Waals surface area contributed by atoms with Gasteiger partial charge < -0.3 is 15.1 Å². The number of nitrogens with one attached hydrogen (secondary N) is 1. The van der Waals surface area contributed by atoms with Crippen molar-refractivity contribution in [3.8, 4) is 0 Å². The Morgan fingerprint density at radius 2 is 1.76 bits per heavy atom. The molecule has 1 aliphatic rings. The van der Waals surface area contributed by atoms with Crippen molar-refractivity contribution in [2.75, 3.05) is 48.3 Å².